The van der Waals surface area contributed by atoms with Crippen LogP contribution in [0.15, 0.2) is 22.0 Å². The van der Waals surface area contributed by atoms with Crippen LogP contribution in [0.5, 0.6) is 0 Å². The molecule has 0 aliphatic heterocycles. The molecule has 1 N–H and O–H groups in total. The topological polar surface area (TPSA) is 72.7 Å². The summed E-state index contributed by atoms with van der Waals surface area (Å²) in [6.45, 7) is 0.0348. The highest BCUT2D eigenvalue weighted by atomic mass is 35.5. The molecule has 0 saturated heterocycles. The maximum atomic E-state index is 13.3. The Hall–Kier alpha value is -1.89. The van der Waals surface area contributed by atoms with Crippen molar-refractivity contribution >= 4 is 11.6 Å². The van der Waals surface area contributed by atoms with Crippen LogP contribution in [0.1, 0.15) is 5.82 Å². The lowest BCUT2D eigenvalue weighted by atomic mass is 10.4. The first kappa shape index (κ1) is 12.6. The molecule has 0 aromatic carbocycles. The molecule has 0 unspecified atom stereocenters. The van der Waals surface area contributed by atoms with Gasteiger partial charge in [0.2, 0.25) is 5.82 Å². The third kappa shape index (κ3) is 2.21. The predicted molar refractivity (Wildman–Crippen MR) is 63.2 cm³/mol. The molecule has 2 heterocycles. The molecule has 0 aliphatic rings. The fraction of sp³-hybridized carbons (Fsp3) is 0.300. The van der Waals surface area contributed by atoms with Crippen molar-refractivity contribution in [2.24, 2.45) is 7.05 Å². The van der Waals surface area contributed by atoms with Crippen molar-refractivity contribution in [3.8, 4) is 0 Å². The van der Waals surface area contributed by atoms with Crippen LogP contribution in [0.3, 0.4) is 0 Å². The van der Waals surface area contributed by atoms with E-state index in [0.29, 0.717) is 12.2 Å². The maximum absolute atomic E-state index is 13.3. The van der Waals surface area contributed by atoms with Crippen molar-refractivity contribution in [1.82, 2.24) is 19.1 Å². The van der Waals surface area contributed by atoms with Gasteiger partial charge in [0.1, 0.15) is 5.82 Å². The highest BCUT2D eigenvalue weighted by molar-refractivity contribution is 6.29. The van der Waals surface area contributed by atoms with Gasteiger partial charge in [-0.2, -0.15) is 4.39 Å². The van der Waals surface area contributed by atoms with E-state index in [2.05, 4.69) is 9.97 Å². The Labute approximate surface area is 106 Å². The Morgan fingerprint density at radius 2 is 2.22 bits per heavy atom. The van der Waals surface area contributed by atoms with Crippen LogP contribution in [0.25, 0.3) is 0 Å². The number of nitrogens with zero attached hydrogens (tertiary/aromatic N) is 3. The Morgan fingerprint density at radius 1 is 1.50 bits per heavy atom. The van der Waals surface area contributed by atoms with Gasteiger partial charge in [0.05, 0.1) is 0 Å². The maximum Gasteiger partial charge on any atom is 0.329 e. The average Bonchev–Trinajstić information content (AvgIpc) is 2.72. The van der Waals surface area contributed by atoms with Crippen LogP contribution in [0.2, 0.25) is 5.15 Å². The van der Waals surface area contributed by atoms with Crippen LogP contribution < -0.4 is 11.2 Å². The van der Waals surface area contributed by atoms with E-state index in [1.165, 1.54) is 0 Å². The van der Waals surface area contributed by atoms with E-state index in [0.717, 1.165) is 4.57 Å². The summed E-state index contributed by atoms with van der Waals surface area (Å²) in [5.74, 6) is -0.465. The van der Waals surface area contributed by atoms with Gasteiger partial charge in [-0.25, -0.2) is 9.78 Å². The minimum atomic E-state index is -1.16. The summed E-state index contributed by atoms with van der Waals surface area (Å²) in [6.07, 6.45) is 3.68. The van der Waals surface area contributed by atoms with Crippen molar-refractivity contribution in [2.75, 3.05) is 0 Å². The van der Waals surface area contributed by atoms with E-state index in [4.69, 9.17) is 11.6 Å². The van der Waals surface area contributed by atoms with E-state index in [-0.39, 0.29) is 6.54 Å². The summed E-state index contributed by atoms with van der Waals surface area (Å²) in [5.41, 5.74) is -1.77. The number of aromatic nitrogens is 4. The molecule has 0 radical (unpaired) electrons. The molecule has 6 nitrogen and oxygen atoms in total. The Morgan fingerprint density at radius 3 is 2.83 bits per heavy atom. The zero-order chi connectivity index (χ0) is 13.3. The first-order valence-corrected chi connectivity index (χ1v) is 5.53. The number of hydrogen-bond donors (Lipinski definition) is 1. The number of H-pyrrole nitrogens is 1. The fourth-order valence-corrected chi connectivity index (χ4v) is 1.73. The molecule has 0 spiro atoms. The monoisotopic (exact) mass is 272 g/mol. The Kier molecular flexibility index (Phi) is 3.33. The zero-order valence-corrected chi connectivity index (χ0v) is 10.2. The van der Waals surface area contributed by atoms with Gasteiger partial charge in [-0.1, -0.05) is 11.6 Å². The largest absolute Gasteiger partial charge is 0.338 e. The van der Waals surface area contributed by atoms with Crippen molar-refractivity contribution in [3.05, 3.63) is 50.0 Å². The Bertz CT molecular complexity index is 688. The highest BCUT2D eigenvalue weighted by Gasteiger charge is 2.12. The molecular weight excluding hydrogens is 263 g/mol. The van der Waals surface area contributed by atoms with Gasteiger partial charge in [0, 0.05) is 32.4 Å². The second-order valence-electron chi connectivity index (χ2n) is 3.72. The third-order valence-electron chi connectivity index (χ3n) is 2.57. The summed E-state index contributed by atoms with van der Waals surface area (Å²) in [4.78, 5) is 29.1. The van der Waals surface area contributed by atoms with E-state index in [1.54, 1.807) is 24.0 Å². The standard InChI is InChI=1S/C10H10ClFN4O2/c1-15-5-3-13-6(15)2-4-16-9(17)7(12)8(11)14-10(16)18/h3,5H,2,4H2,1H3,(H,14,18). The van der Waals surface area contributed by atoms with Crippen LogP contribution in [-0.2, 0) is 20.0 Å². The van der Waals surface area contributed by atoms with Gasteiger partial charge >= 0.3 is 5.69 Å². The van der Waals surface area contributed by atoms with Crippen molar-refractivity contribution in [3.63, 3.8) is 0 Å². The van der Waals surface area contributed by atoms with Gasteiger partial charge in [-0.15, -0.1) is 0 Å². The number of halogens is 2. The molecule has 0 aliphatic carbocycles. The zero-order valence-electron chi connectivity index (χ0n) is 9.48. The number of imidazole rings is 1. The number of aromatic amines is 1. The Balaban J connectivity index is 2.31. The van der Waals surface area contributed by atoms with Crippen LogP contribution >= 0.6 is 11.6 Å². The van der Waals surface area contributed by atoms with Crippen LogP contribution in [0.4, 0.5) is 4.39 Å². The molecular formula is C10H10ClFN4O2. The van der Waals surface area contributed by atoms with E-state index < -0.39 is 22.2 Å². The van der Waals surface area contributed by atoms with Gasteiger partial charge < -0.3 is 4.57 Å². The normalized spacial score (nSPS) is 10.8. The predicted octanol–water partition coefficient (Wildman–Crippen LogP) is 0.305. The SMILES string of the molecule is Cn1ccnc1CCn1c(=O)[nH]c(Cl)c(F)c1=O. The molecule has 0 amide bonds. The molecule has 18 heavy (non-hydrogen) atoms. The number of aryl methyl sites for hydroxylation is 2. The first-order chi connectivity index (χ1) is 8.50. The second kappa shape index (κ2) is 4.77. The van der Waals surface area contributed by atoms with Crippen molar-refractivity contribution in [1.29, 1.82) is 0 Å². The smallest absolute Gasteiger partial charge is 0.329 e. The second-order valence-corrected chi connectivity index (χ2v) is 4.10. The lowest BCUT2D eigenvalue weighted by Gasteiger charge is -2.05. The third-order valence-corrected chi connectivity index (χ3v) is 2.83. The van der Waals surface area contributed by atoms with Crippen molar-refractivity contribution in [2.45, 2.75) is 13.0 Å². The summed E-state index contributed by atoms with van der Waals surface area (Å²) in [6, 6.07) is 0. The number of nitrogens with one attached hydrogen (secondary N) is 1. The van der Waals surface area contributed by atoms with Crippen molar-refractivity contribution < 1.29 is 4.39 Å². The van der Waals surface area contributed by atoms with E-state index >= 15 is 0 Å². The molecule has 0 saturated carbocycles. The molecule has 0 bridgehead atoms. The fourth-order valence-electron chi connectivity index (χ4n) is 1.57. The van der Waals surface area contributed by atoms with Gasteiger partial charge in [0.25, 0.3) is 5.56 Å². The highest BCUT2D eigenvalue weighted by Crippen LogP contribution is 2.02. The summed E-state index contributed by atoms with van der Waals surface area (Å²) < 4.78 is 15.8. The number of rotatable bonds is 3. The van der Waals surface area contributed by atoms with Crippen LogP contribution in [0, 0.1) is 5.82 Å². The van der Waals surface area contributed by atoms with E-state index in [1.807, 2.05) is 0 Å². The number of hydrogen-bond acceptors (Lipinski definition) is 3. The lowest BCUT2D eigenvalue weighted by Crippen LogP contribution is -2.37. The summed E-state index contributed by atoms with van der Waals surface area (Å²) >= 11 is 5.36. The molecule has 2 aromatic heterocycles. The molecule has 0 atom stereocenters. The molecule has 2 rings (SSSR count). The minimum absolute atomic E-state index is 0.0348. The molecule has 2 aromatic rings. The summed E-state index contributed by atoms with van der Waals surface area (Å²) in [7, 11) is 1.79. The first-order valence-electron chi connectivity index (χ1n) is 5.15. The lowest BCUT2D eigenvalue weighted by molar-refractivity contribution is 0.531. The molecule has 8 heteroatoms. The summed E-state index contributed by atoms with van der Waals surface area (Å²) in [5, 5.41) is -0.571. The van der Waals surface area contributed by atoms with Gasteiger partial charge in [0.15, 0.2) is 5.15 Å². The van der Waals surface area contributed by atoms with E-state index in [9.17, 15) is 14.0 Å². The van der Waals surface area contributed by atoms with Gasteiger partial charge in [-0.05, 0) is 0 Å². The average molecular weight is 273 g/mol. The van der Waals surface area contributed by atoms with Crippen LogP contribution in [-0.4, -0.2) is 19.1 Å². The molecule has 0 fully saturated rings. The minimum Gasteiger partial charge on any atom is -0.338 e. The van der Waals surface area contributed by atoms with Gasteiger partial charge in [-0.3, -0.25) is 14.3 Å². The molecule has 96 valence electrons. The quantitative estimate of drug-likeness (QED) is 0.817.